The summed E-state index contributed by atoms with van der Waals surface area (Å²) in [6, 6.07) is 10.0. The van der Waals surface area contributed by atoms with Gasteiger partial charge < -0.3 is 11.1 Å². The van der Waals surface area contributed by atoms with Gasteiger partial charge in [-0.25, -0.2) is 0 Å². The van der Waals surface area contributed by atoms with E-state index in [9.17, 15) is 4.79 Å². The fourth-order valence-corrected chi connectivity index (χ4v) is 2.20. The highest BCUT2D eigenvalue weighted by atomic mass is 16.1. The lowest BCUT2D eigenvalue weighted by atomic mass is 9.88. The third-order valence-electron chi connectivity index (χ3n) is 3.06. The number of nitrogens with two attached hydrogens (primary N) is 1. The van der Waals surface area contributed by atoms with E-state index < -0.39 is 5.54 Å². The monoisotopic (exact) mass is 204 g/mol. The lowest BCUT2D eigenvalue weighted by Crippen LogP contribution is -2.53. The van der Waals surface area contributed by atoms with E-state index >= 15 is 0 Å². The van der Waals surface area contributed by atoms with E-state index in [-0.39, 0.29) is 5.91 Å². The van der Waals surface area contributed by atoms with Gasteiger partial charge in [-0.05, 0) is 31.4 Å². The van der Waals surface area contributed by atoms with Crippen LogP contribution in [-0.4, -0.2) is 18.0 Å². The van der Waals surface area contributed by atoms with Crippen molar-refractivity contribution in [2.75, 3.05) is 6.54 Å². The number of nitrogens with one attached hydrogen (secondary N) is 1. The average Bonchev–Trinajstić information content (AvgIpc) is 2.69. The summed E-state index contributed by atoms with van der Waals surface area (Å²) in [4.78, 5) is 11.5. The summed E-state index contributed by atoms with van der Waals surface area (Å²) < 4.78 is 0. The third-order valence-corrected chi connectivity index (χ3v) is 3.06. The number of carbonyl (C=O) groups excluding carboxylic acids is 1. The molecule has 0 saturated carbocycles. The molecule has 3 heteroatoms. The Hall–Kier alpha value is -1.35. The van der Waals surface area contributed by atoms with Crippen LogP contribution in [0, 0.1) is 0 Å². The van der Waals surface area contributed by atoms with Crippen LogP contribution >= 0.6 is 0 Å². The first-order valence-electron chi connectivity index (χ1n) is 5.32. The van der Waals surface area contributed by atoms with Crippen LogP contribution in [0.25, 0.3) is 0 Å². The largest absolute Gasteiger partial charge is 0.368 e. The minimum atomic E-state index is -0.513. The number of hydrogen-bond donors (Lipinski definition) is 2. The van der Waals surface area contributed by atoms with Gasteiger partial charge in [0.25, 0.3) is 0 Å². The van der Waals surface area contributed by atoms with Gasteiger partial charge in [0.1, 0.15) is 5.54 Å². The molecule has 1 saturated heterocycles. The first-order chi connectivity index (χ1) is 7.23. The molecule has 1 amide bonds. The van der Waals surface area contributed by atoms with Crippen molar-refractivity contribution in [3.63, 3.8) is 0 Å². The summed E-state index contributed by atoms with van der Waals surface area (Å²) in [5.41, 5.74) is 6.12. The summed E-state index contributed by atoms with van der Waals surface area (Å²) in [5.74, 6) is -0.233. The summed E-state index contributed by atoms with van der Waals surface area (Å²) in [6.07, 6.45) is 2.57. The van der Waals surface area contributed by atoms with Crippen molar-refractivity contribution < 1.29 is 4.79 Å². The molecular weight excluding hydrogens is 188 g/mol. The van der Waals surface area contributed by atoms with E-state index in [0.717, 1.165) is 24.9 Å². The van der Waals surface area contributed by atoms with Gasteiger partial charge >= 0.3 is 0 Å². The second-order valence-electron chi connectivity index (χ2n) is 4.14. The summed E-state index contributed by atoms with van der Waals surface area (Å²) in [6.45, 7) is 0.885. The van der Waals surface area contributed by atoms with Gasteiger partial charge in [0.05, 0.1) is 0 Å². The van der Waals surface area contributed by atoms with Gasteiger partial charge in [0.2, 0.25) is 5.91 Å². The zero-order valence-electron chi connectivity index (χ0n) is 8.70. The maximum absolute atomic E-state index is 11.5. The van der Waals surface area contributed by atoms with Gasteiger partial charge in [0, 0.05) is 0 Å². The molecule has 1 fully saturated rings. The van der Waals surface area contributed by atoms with Crippen LogP contribution < -0.4 is 11.1 Å². The molecule has 0 radical (unpaired) electrons. The molecular formula is C12H16N2O. The van der Waals surface area contributed by atoms with Crippen LogP contribution in [-0.2, 0) is 11.2 Å². The van der Waals surface area contributed by atoms with Crippen molar-refractivity contribution in [3.8, 4) is 0 Å². The molecule has 80 valence electrons. The van der Waals surface area contributed by atoms with E-state index in [1.807, 2.05) is 30.3 Å². The van der Waals surface area contributed by atoms with Crippen molar-refractivity contribution in [2.45, 2.75) is 24.8 Å². The van der Waals surface area contributed by atoms with Gasteiger partial charge in [-0.2, -0.15) is 0 Å². The van der Waals surface area contributed by atoms with Gasteiger partial charge in [0.15, 0.2) is 0 Å². The molecule has 0 bridgehead atoms. The molecule has 1 heterocycles. The quantitative estimate of drug-likeness (QED) is 0.766. The highest BCUT2D eigenvalue weighted by molar-refractivity contribution is 5.85. The fraction of sp³-hybridized carbons (Fsp3) is 0.417. The highest BCUT2D eigenvalue weighted by Crippen LogP contribution is 2.23. The topological polar surface area (TPSA) is 55.1 Å². The molecule has 1 aromatic carbocycles. The summed E-state index contributed by atoms with van der Waals surface area (Å²) in [5, 5.41) is 3.24. The molecule has 0 aromatic heterocycles. The molecule has 1 aliphatic heterocycles. The van der Waals surface area contributed by atoms with E-state index in [2.05, 4.69) is 5.32 Å². The minimum absolute atomic E-state index is 0.233. The van der Waals surface area contributed by atoms with E-state index in [0.29, 0.717) is 6.42 Å². The smallest absolute Gasteiger partial charge is 0.238 e. The van der Waals surface area contributed by atoms with Crippen molar-refractivity contribution in [1.29, 1.82) is 0 Å². The van der Waals surface area contributed by atoms with Crippen LogP contribution in [0.3, 0.4) is 0 Å². The van der Waals surface area contributed by atoms with Gasteiger partial charge in [-0.1, -0.05) is 30.3 Å². The molecule has 15 heavy (non-hydrogen) atoms. The normalized spacial score (nSPS) is 25.3. The Balaban J connectivity index is 2.18. The van der Waals surface area contributed by atoms with Crippen molar-refractivity contribution in [2.24, 2.45) is 5.73 Å². The highest BCUT2D eigenvalue weighted by Gasteiger charge is 2.39. The Bertz CT molecular complexity index is 342. The Morgan fingerprint density at radius 2 is 2.13 bits per heavy atom. The van der Waals surface area contributed by atoms with Gasteiger partial charge in [-0.3, -0.25) is 4.79 Å². The second-order valence-corrected chi connectivity index (χ2v) is 4.14. The Kier molecular flexibility index (Phi) is 2.73. The van der Waals surface area contributed by atoms with Crippen LogP contribution in [0.4, 0.5) is 0 Å². The number of benzene rings is 1. The standard InChI is InChI=1S/C12H16N2O/c13-11(15)12(7-4-8-14-12)9-10-5-2-1-3-6-10/h1-3,5-6,14H,4,7-9H2,(H2,13,15). The van der Waals surface area contributed by atoms with Crippen molar-refractivity contribution in [3.05, 3.63) is 35.9 Å². The van der Waals surface area contributed by atoms with Crippen LogP contribution in [0.5, 0.6) is 0 Å². The third kappa shape index (κ3) is 2.02. The molecule has 1 atom stereocenters. The van der Waals surface area contributed by atoms with Gasteiger partial charge in [-0.15, -0.1) is 0 Å². The number of amides is 1. The maximum Gasteiger partial charge on any atom is 0.238 e. The van der Waals surface area contributed by atoms with Crippen molar-refractivity contribution >= 4 is 5.91 Å². The molecule has 1 aromatic rings. The number of primary amides is 1. The van der Waals surface area contributed by atoms with E-state index in [1.54, 1.807) is 0 Å². The second kappa shape index (κ2) is 4.03. The molecule has 0 spiro atoms. The predicted molar refractivity (Wildman–Crippen MR) is 59.3 cm³/mol. The molecule has 0 aliphatic carbocycles. The zero-order chi connectivity index (χ0) is 10.7. The van der Waals surface area contributed by atoms with Crippen LogP contribution in [0.15, 0.2) is 30.3 Å². The van der Waals surface area contributed by atoms with E-state index in [1.165, 1.54) is 0 Å². The minimum Gasteiger partial charge on any atom is -0.368 e. The average molecular weight is 204 g/mol. The number of carbonyl (C=O) groups is 1. The van der Waals surface area contributed by atoms with Crippen molar-refractivity contribution in [1.82, 2.24) is 5.32 Å². The number of hydrogen-bond acceptors (Lipinski definition) is 2. The predicted octanol–water partition coefficient (Wildman–Crippen LogP) is 0.837. The maximum atomic E-state index is 11.5. The first kappa shape index (κ1) is 10.2. The lowest BCUT2D eigenvalue weighted by Gasteiger charge is -2.25. The fourth-order valence-electron chi connectivity index (χ4n) is 2.20. The Morgan fingerprint density at radius 1 is 1.40 bits per heavy atom. The molecule has 2 rings (SSSR count). The SMILES string of the molecule is NC(=O)C1(Cc2ccccc2)CCCN1. The molecule has 1 aliphatic rings. The van der Waals surface area contributed by atoms with Crippen LogP contribution in [0.1, 0.15) is 18.4 Å². The lowest BCUT2D eigenvalue weighted by molar-refractivity contribution is -0.123. The van der Waals surface area contributed by atoms with Crippen LogP contribution in [0.2, 0.25) is 0 Å². The molecule has 3 nitrogen and oxygen atoms in total. The zero-order valence-corrected chi connectivity index (χ0v) is 8.70. The Morgan fingerprint density at radius 3 is 2.67 bits per heavy atom. The Labute approximate surface area is 89.7 Å². The number of rotatable bonds is 3. The first-order valence-corrected chi connectivity index (χ1v) is 5.32. The molecule has 3 N–H and O–H groups in total. The summed E-state index contributed by atoms with van der Waals surface area (Å²) >= 11 is 0. The summed E-state index contributed by atoms with van der Waals surface area (Å²) in [7, 11) is 0. The van der Waals surface area contributed by atoms with E-state index in [4.69, 9.17) is 5.73 Å². The molecule has 1 unspecified atom stereocenters.